The minimum Gasteiger partial charge on any atom is -0.480 e. The molecule has 0 saturated heterocycles. The molecule has 0 saturated carbocycles. The van der Waals surface area contributed by atoms with Crippen LogP contribution in [-0.2, 0) is 14.8 Å². The van der Waals surface area contributed by atoms with E-state index in [0.717, 1.165) is 18.2 Å². The molecule has 0 bridgehead atoms. The first-order chi connectivity index (χ1) is 11.1. The van der Waals surface area contributed by atoms with Gasteiger partial charge in [0.25, 0.3) is 10.0 Å². The largest absolute Gasteiger partial charge is 0.480 e. The van der Waals surface area contributed by atoms with Crippen molar-refractivity contribution in [2.45, 2.75) is 17.9 Å². The summed E-state index contributed by atoms with van der Waals surface area (Å²) in [4.78, 5) is 11.1. The number of sulfonamides is 1. The standard InChI is InChI=1S/C15H12Cl2FNO4S/c1-9(15(20)21)19(11-4-2-3-10(18)7-11)24(22,23)12-5-6-13(16)14(17)8-12/h2-9H,1H3,(H,20,21). The Hall–Kier alpha value is -1.83. The summed E-state index contributed by atoms with van der Waals surface area (Å²) < 4.78 is 39.9. The highest BCUT2D eigenvalue weighted by atomic mass is 35.5. The highest BCUT2D eigenvalue weighted by molar-refractivity contribution is 7.93. The molecule has 24 heavy (non-hydrogen) atoms. The summed E-state index contributed by atoms with van der Waals surface area (Å²) in [6, 6.07) is 6.78. The van der Waals surface area contributed by atoms with Gasteiger partial charge in [0.05, 0.1) is 20.6 Å². The van der Waals surface area contributed by atoms with Gasteiger partial charge in [-0.2, -0.15) is 0 Å². The minimum absolute atomic E-state index is 0.0000815. The molecule has 0 amide bonds. The molecule has 0 fully saturated rings. The van der Waals surface area contributed by atoms with Gasteiger partial charge in [-0.15, -0.1) is 0 Å². The topological polar surface area (TPSA) is 74.7 Å². The lowest BCUT2D eigenvalue weighted by Crippen LogP contribution is -2.43. The Balaban J connectivity index is 2.65. The zero-order chi connectivity index (χ0) is 18.1. The highest BCUT2D eigenvalue weighted by Gasteiger charge is 2.33. The van der Waals surface area contributed by atoms with Crippen LogP contribution in [0.4, 0.5) is 10.1 Å². The van der Waals surface area contributed by atoms with Crippen molar-refractivity contribution in [3.8, 4) is 0 Å². The van der Waals surface area contributed by atoms with E-state index in [1.54, 1.807) is 0 Å². The normalized spacial score (nSPS) is 12.7. The number of hydrogen-bond acceptors (Lipinski definition) is 3. The number of carboxylic acids is 1. The van der Waals surface area contributed by atoms with Crippen LogP contribution in [0.25, 0.3) is 0 Å². The maximum atomic E-state index is 13.5. The molecule has 1 unspecified atom stereocenters. The van der Waals surface area contributed by atoms with Gasteiger partial charge in [0.1, 0.15) is 11.9 Å². The summed E-state index contributed by atoms with van der Waals surface area (Å²) >= 11 is 11.6. The molecule has 1 N–H and O–H groups in total. The SMILES string of the molecule is CC(C(=O)O)N(c1cccc(F)c1)S(=O)(=O)c1ccc(Cl)c(Cl)c1. The monoisotopic (exact) mass is 391 g/mol. The lowest BCUT2D eigenvalue weighted by molar-refractivity contribution is -0.137. The third kappa shape index (κ3) is 3.63. The van der Waals surface area contributed by atoms with Crippen LogP contribution in [0.3, 0.4) is 0 Å². The molecular weight excluding hydrogens is 380 g/mol. The van der Waals surface area contributed by atoms with Gasteiger partial charge >= 0.3 is 5.97 Å². The van der Waals surface area contributed by atoms with Crippen molar-refractivity contribution in [3.05, 3.63) is 58.3 Å². The quantitative estimate of drug-likeness (QED) is 0.840. The Morgan fingerprint density at radius 2 is 1.83 bits per heavy atom. The predicted octanol–water partition coefficient (Wildman–Crippen LogP) is 3.80. The van der Waals surface area contributed by atoms with E-state index in [2.05, 4.69) is 0 Å². The fourth-order valence-electron chi connectivity index (χ4n) is 2.03. The first-order valence-corrected chi connectivity index (χ1v) is 8.82. The molecule has 2 rings (SSSR count). The van der Waals surface area contributed by atoms with Crippen LogP contribution in [0.15, 0.2) is 47.4 Å². The fourth-order valence-corrected chi connectivity index (χ4v) is 4.03. The molecule has 2 aromatic carbocycles. The van der Waals surface area contributed by atoms with Crippen LogP contribution in [0.1, 0.15) is 6.92 Å². The number of nitrogens with zero attached hydrogens (tertiary/aromatic N) is 1. The zero-order valence-corrected chi connectivity index (χ0v) is 14.6. The smallest absolute Gasteiger partial charge is 0.327 e. The van der Waals surface area contributed by atoms with Gasteiger partial charge in [-0.3, -0.25) is 4.31 Å². The molecule has 0 aromatic heterocycles. The van der Waals surface area contributed by atoms with Crippen LogP contribution in [0.5, 0.6) is 0 Å². The average molecular weight is 392 g/mol. The molecule has 0 aliphatic rings. The number of rotatable bonds is 5. The van der Waals surface area contributed by atoms with E-state index >= 15 is 0 Å². The van der Waals surface area contributed by atoms with E-state index < -0.39 is 27.9 Å². The highest BCUT2D eigenvalue weighted by Crippen LogP contribution is 2.30. The Morgan fingerprint density at radius 3 is 2.38 bits per heavy atom. The molecule has 0 spiro atoms. The number of hydrogen-bond donors (Lipinski definition) is 1. The number of carboxylic acid groups (broad SMARTS) is 1. The van der Waals surface area contributed by atoms with E-state index in [1.807, 2.05) is 0 Å². The van der Waals surface area contributed by atoms with Crippen molar-refractivity contribution in [1.29, 1.82) is 0 Å². The van der Waals surface area contributed by atoms with Crippen LogP contribution in [0.2, 0.25) is 10.0 Å². The van der Waals surface area contributed by atoms with Crippen LogP contribution >= 0.6 is 23.2 Å². The molecule has 128 valence electrons. The van der Waals surface area contributed by atoms with Crippen molar-refractivity contribution in [1.82, 2.24) is 0 Å². The van der Waals surface area contributed by atoms with Crippen molar-refractivity contribution in [2.75, 3.05) is 4.31 Å². The van der Waals surface area contributed by atoms with Gasteiger partial charge < -0.3 is 5.11 Å². The summed E-state index contributed by atoms with van der Waals surface area (Å²) in [6.45, 7) is 1.18. The second-order valence-electron chi connectivity index (χ2n) is 4.87. The average Bonchev–Trinajstić information content (AvgIpc) is 2.49. The molecule has 0 radical (unpaired) electrons. The molecule has 1 atom stereocenters. The van der Waals surface area contributed by atoms with E-state index in [1.165, 1.54) is 31.2 Å². The molecule has 2 aromatic rings. The first kappa shape index (κ1) is 18.5. The third-order valence-corrected chi connectivity index (χ3v) is 5.85. The van der Waals surface area contributed by atoms with Crippen molar-refractivity contribution >= 4 is 44.9 Å². The predicted molar refractivity (Wildman–Crippen MR) is 89.6 cm³/mol. The fraction of sp³-hybridized carbons (Fsp3) is 0.133. The van der Waals surface area contributed by atoms with Gasteiger partial charge in [0.15, 0.2) is 0 Å². The van der Waals surface area contributed by atoms with E-state index in [-0.39, 0.29) is 20.6 Å². The molecule has 0 heterocycles. The Morgan fingerprint density at radius 1 is 1.17 bits per heavy atom. The molecule has 9 heteroatoms. The summed E-state index contributed by atoms with van der Waals surface area (Å²) in [5.41, 5.74) is -0.115. The van der Waals surface area contributed by atoms with E-state index in [4.69, 9.17) is 23.2 Å². The molecule has 0 aliphatic heterocycles. The maximum absolute atomic E-state index is 13.5. The summed E-state index contributed by atoms with van der Waals surface area (Å²) in [5.74, 6) is -2.08. The maximum Gasteiger partial charge on any atom is 0.327 e. The second-order valence-corrected chi connectivity index (χ2v) is 7.50. The lowest BCUT2D eigenvalue weighted by atomic mass is 10.2. The van der Waals surface area contributed by atoms with E-state index in [9.17, 15) is 22.7 Å². The van der Waals surface area contributed by atoms with Crippen molar-refractivity contribution < 1.29 is 22.7 Å². The van der Waals surface area contributed by atoms with Crippen LogP contribution in [0, 0.1) is 5.82 Å². The molecule has 5 nitrogen and oxygen atoms in total. The second kappa shape index (κ2) is 6.96. The van der Waals surface area contributed by atoms with Gasteiger partial charge in [-0.05, 0) is 43.3 Å². The third-order valence-electron chi connectivity index (χ3n) is 3.22. The van der Waals surface area contributed by atoms with Gasteiger partial charge in [0.2, 0.25) is 0 Å². The van der Waals surface area contributed by atoms with Crippen molar-refractivity contribution in [2.24, 2.45) is 0 Å². The summed E-state index contributed by atoms with van der Waals surface area (Å²) in [5, 5.41) is 9.40. The summed E-state index contributed by atoms with van der Waals surface area (Å²) in [7, 11) is -4.31. The zero-order valence-electron chi connectivity index (χ0n) is 12.3. The number of anilines is 1. The Labute approximate surface area is 148 Å². The number of halogens is 3. The number of carbonyl (C=O) groups is 1. The van der Waals surface area contributed by atoms with Crippen LogP contribution in [-0.4, -0.2) is 25.5 Å². The van der Waals surface area contributed by atoms with Crippen molar-refractivity contribution in [3.63, 3.8) is 0 Å². The first-order valence-electron chi connectivity index (χ1n) is 6.62. The minimum atomic E-state index is -4.31. The van der Waals surface area contributed by atoms with Crippen LogP contribution < -0.4 is 4.31 Å². The van der Waals surface area contributed by atoms with E-state index in [0.29, 0.717) is 4.31 Å². The summed E-state index contributed by atoms with van der Waals surface area (Å²) in [6.07, 6.45) is 0. The molecular formula is C15H12Cl2FNO4S. The molecule has 0 aliphatic carbocycles. The van der Waals surface area contributed by atoms with Gasteiger partial charge in [-0.25, -0.2) is 17.6 Å². The Bertz CT molecular complexity index is 889. The number of benzene rings is 2. The van der Waals surface area contributed by atoms with Gasteiger partial charge in [0, 0.05) is 0 Å². The Kier molecular flexibility index (Phi) is 5.37. The lowest BCUT2D eigenvalue weighted by Gasteiger charge is -2.28. The number of aliphatic carboxylic acids is 1. The van der Waals surface area contributed by atoms with Gasteiger partial charge in [-0.1, -0.05) is 29.3 Å².